The number of anilines is 1. The van der Waals surface area contributed by atoms with Gasteiger partial charge in [0, 0.05) is 67.6 Å². The number of benzene rings is 2. The van der Waals surface area contributed by atoms with Crippen LogP contribution >= 0.6 is 11.8 Å². The van der Waals surface area contributed by atoms with E-state index in [4.69, 9.17) is 0 Å². The Morgan fingerprint density at radius 3 is 2.70 bits per heavy atom. The molecular weight excluding hydrogens is 567 g/mol. The zero-order valence-electron chi connectivity index (χ0n) is 15.2. The molecule has 0 amide bonds. The summed E-state index contributed by atoms with van der Waals surface area (Å²) in [6.07, 6.45) is 8.46. The second-order valence-corrected chi connectivity index (χ2v) is 7.27. The first kappa shape index (κ1) is 20.6. The fourth-order valence-corrected chi connectivity index (χ4v) is 4.38. The number of rotatable bonds is 4. The van der Waals surface area contributed by atoms with Crippen LogP contribution in [0.1, 0.15) is 5.56 Å². The molecule has 1 aromatic heterocycles. The monoisotopic (exact) mass is 588 g/mol. The van der Waals surface area contributed by atoms with E-state index in [0.29, 0.717) is 6.54 Å². The van der Waals surface area contributed by atoms with Crippen molar-refractivity contribution in [3.63, 3.8) is 0 Å². The van der Waals surface area contributed by atoms with Gasteiger partial charge in [0.15, 0.2) is 6.20 Å². The summed E-state index contributed by atoms with van der Waals surface area (Å²) in [4.78, 5) is 3.41. The number of pyridine rings is 1. The fraction of sp³-hybridized carbons (Fsp3) is 0.136. The summed E-state index contributed by atoms with van der Waals surface area (Å²) in [5.41, 5.74) is 3.58. The summed E-state index contributed by atoms with van der Waals surface area (Å²) in [7, 11) is 2.07. The summed E-state index contributed by atoms with van der Waals surface area (Å²) >= 11 is 1.75. The number of hydrogen-bond donors (Lipinski definition) is 1. The SMILES string of the molecule is C[n+]1ccc(/C=C/C=C2\Sc3ccccc3N2CCO)c2ccccc21.[Ac]. The molecule has 4 rings (SSSR count). The van der Waals surface area contributed by atoms with Crippen molar-refractivity contribution in [3.05, 3.63) is 83.5 Å². The molecule has 0 atom stereocenters. The minimum absolute atomic E-state index is 0. The summed E-state index contributed by atoms with van der Waals surface area (Å²) in [6.45, 7) is 0.740. The topological polar surface area (TPSA) is 27.4 Å². The molecule has 133 valence electrons. The van der Waals surface area contributed by atoms with Crippen molar-refractivity contribution in [2.24, 2.45) is 7.05 Å². The molecule has 0 spiro atoms. The molecule has 0 saturated carbocycles. The van der Waals surface area contributed by atoms with Crippen molar-refractivity contribution in [1.82, 2.24) is 0 Å². The number of fused-ring (bicyclic) bond motifs is 2. The average molecular weight is 588 g/mol. The van der Waals surface area contributed by atoms with Gasteiger partial charge in [-0.15, -0.1) is 0 Å². The van der Waals surface area contributed by atoms with Crippen LogP contribution in [0.2, 0.25) is 0 Å². The van der Waals surface area contributed by atoms with Crippen LogP contribution in [0.5, 0.6) is 0 Å². The van der Waals surface area contributed by atoms with Crippen molar-refractivity contribution in [3.8, 4) is 0 Å². The number of thioether (sulfide) groups is 1. The molecule has 0 fully saturated rings. The van der Waals surface area contributed by atoms with Crippen molar-refractivity contribution >= 4 is 34.4 Å². The second kappa shape index (κ2) is 9.39. The van der Waals surface area contributed by atoms with E-state index >= 15 is 0 Å². The van der Waals surface area contributed by atoms with Crippen molar-refractivity contribution in [2.75, 3.05) is 18.1 Å². The molecular formula is C22H21AcN2OS+. The van der Waals surface area contributed by atoms with E-state index in [-0.39, 0.29) is 50.7 Å². The minimum atomic E-state index is 0. The number of aliphatic hydroxyl groups excluding tert-OH is 1. The quantitative estimate of drug-likeness (QED) is 0.465. The van der Waals surface area contributed by atoms with E-state index in [0.717, 1.165) is 5.03 Å². The van der Waals surface area contributed by atoms with Gasteiger partial charge in [-0.05, 0) is 29.8 Å². The number of β-amino-alcohol motifs (C(OH)–C–C–N with tert-alkyl or cyclic N) is 1. The third-order valence-corrected chi connectivity index (χ3v) is 5.68. The molecule has 0 saturated heterocycles. The molecule has 1 aliphatic rings. The van der Waals surface area contributed by atoms with Crippen LogP contribution in [0, 0.1) is 44.1 Å². The Morgan fingerprint density at radius 1 is 1.07 bits per heavy atom. The van der Waals surface area contributed by atoms with Crippen LogP contribution in [0.3, 0.4) is 0 Å². The zero-order chi connectivity index (χ0) is 17.9. The van der Waals surface area contributed by atoms with E-state index < -0.39 is 0 Å². The Bertz CT molecular complexity index is 1020. The minimum Gasteiger partial charge on any atom is -0.395 e. The molecule has 27 heavy (non-hydrogen) atoms. The Kier molecular flexibility index (Phi) is 7.17. The number of hydrogen-bond acceptors (Lipinski definition) is 3. The van der Waals surface area contributed by atoms with Gasteiger partial charge in [0.25, 0.3) is 0 Å². The van der Waals surface area contributed by atoms with E-state index in [1.54, 1.807) is 11.8 Å². The van der Waals surface area contributed by atoms with Crippen LogP contribution in [-0.2, 0) is 7.05 Å². The predicted molar refractivity (Wildman–Crippen MR) is 109 cm³/mol. The van der Waals surface area contributed by atoms with Crippen molar-refractivity contribution in [1.29, 1.82) is 0 Å². The molecule has 0 bridgehead atoms. The molecule has 1 radical (unpaired) electrons. The first-order valence-corrected chi connectivity index (χ1v) is 9.50. The van der Waals surface area contributed by atoms with Gasteiger partial charge >= 0.3 is 0 Å². The molecule has 1 N–H and O–H groups in total. The molecule has 0 unspecified atom stereocenters. The van der Waals surface area contributed by atoms with Crippen molar-refractivity contribution < 1.29 is 53.7 Å². The number of para-hydroxylation sites is 2. The largest absolute Gasteiger partial charge is 0.395 e. The third-order valence-electron chi connectivity index (χ3n) is 4.55. The zero-order valence-corrected chi connectivity index (χ0v) is 20.8. The predicted octanol–water partition coefficient (Wildman–Crippen LogP) is 4.12. The first-order valence-electron chi connectivity index (χ1n) is 8.69. The van der Waals surface area contributed by atoms with E-state index in [1.807, 2.05) is 6.07 Å². The van der Waals surface area contributed by atoms with Crippen molar-refractivity contribution in [2.45, 2.75) is 4.90 Å². The molecule has 5 heteroatoms. The van der Waals surface area contributed by atoms with Crippen LogP contribution in [0.15, 0.2) is 82.9 Å². The van der Waals surface area contributed by atoms with Gasteiger partial charge in [0.1, 0.15) is 7.05 Å². The molecule has 2 heterocycles. The molecule has 3 nitrogen and oxygen atoms in total. The Balaban J connectivity index is 0.00000210. The Morgan fingerprint density at radius 2 is 1.85 bits per heavy atom. The van der Waals surface area contributed by atoms with Gasteiger partial charge in [-0.2, -0.15) is 0 Å². The maximum atomic E-state index is 9.42. The first-order chi connectivity index (χ1) is 12.8. The van der Waals surface area contributed by atoms with Gasteiger partial charge in [-0.1, -0.05) is 48.2 Å². The fourth-order valence-electron chi connectivity index (χ4n) is 3.27. The third kappa shape index (κ3) is 4.33. The maximum absolute atomic E-state index is 9.42. The van der Waals surface area contributed by atoms with Gasteiger partial charge in [-0.25, -0.2) is 4.57 Å². The average Bonchev–Trinajstić information content (AvgIpc) is 3.02. The normalized spacial score (nSPS) is 14.7. The van der Waals surface area contributed by atoms with Crippen LogP contribution in [0.25, 0.3) is 17.0 Å². The smallest absolute Gasteiger partial charge is 0.212 e. The number of aliphatic hydroxyl groups is 1. The summed E-state index contributed by atoms with van der Waals surface area (Å²) in [6, 6.07) is 18.9. The van der Waals surface area contributed by atoms with Gasteiger partial charge in [-0.3, -0.25) is 0 Å². The van der Waals surface area contributed by atoms with Crippen LogP contribution < -0.4 is 9.47 Å². The maximum Gasteiger partial charge on any atom is 0.212 e. The van der Waals surface area contributed by atoms with Gasteiger partial charge in [0.05, 0.1) is 22.7 Å². The number of nitrogens with zero attached hydrogens (tertiary/aromatic N) is 2. The van der Waals surface area contributed by atoms with E-state index in [9.17, 15) is 5.11 Å². The number of allylic oxidation sites excluding steroid dienone is 2. The Hall–Kier alpha value is -1.12. The standard InChI is InChI=1S/C22H21N2OS.Ac/c1-23-14-13-17(18-8-2-3-9-19(18)23)7-6-12-22-24(15-16-25)20-10-4-5-11-21(20)26-22;/h2-14,25H,15-16H2,1H3;/q+1;. The van der Waals surface area contributed by atoms with Crippen LogP contribution in [0.4, 0.5) is 5.69 Å². The number of aryl methyl sites for hydroxylation is 1. The summed E-state index contributed by atoms with van der Waals surface area (Å²) in [5.74, 6) is 0. The molecule has 2 aromatic carbocycles. The van der Waals surface area contributed by atoms with Crippen LogP contribution in [-0.4, -0.2) is 18.3 Å². The van der Waals surface area contributed by atoms with E-state index in [2.05, 4.69) is 89.5 Å². The Labute approximate surface area is 200 Å². The second-order valence-electron chi connectivity index (χ2n) is 6.21. The summed E-state index contributed by atoms with van der Waals surface area (Å²) < 4.78 is 2.14. The number of aromatic nitrogens is 1. The van der Waals surface area contributed by atoms with Gasteiger partial charge < -0.3 is 10.0 Å². The van der Waals surface area contributed by atoms with Gasteiger partial charge in [0.2, 0.25) is 5.52 Å². The summed E-state index contributed by atoms with van der Waals surface area (Å²) in [5, 5.41) is 11.8. The molecule has 1 aliphatic heterocycles. The van der Waals surface area contributed by atoms with E-state index in [1.165, 1.54) is 27.0 Å². The molecule has 3 aromatic rings. The molecule has 0 aliphatic carbocycles.